The first-order chi connectivity index (χ1) is 9.40. The van der Waals surface area contributed by atoms with E-state index >= 15 is 0 Å². The van der Waals surface area contributed by atoms with Gasteiger partial charge in [-0.15, -0.1) is 0 Å². The highest BCUT2D eigenvalue weighted by Gasteiger charge is 2.19. The van der Waals surface area contributed by atoms with Crippen LogP contribution in [-0.2, 0) is 16.6 Å². The van der Waals surface area contributed by atoms with Crippen molar-refractivity contribution >= 4 is 15.7 Å². The number of nitrogens with one attached hydrogen (secondary N) is 1. The quantitative estimate of drug-likeness (QED) is 0.839. The second kappa shape index (κ2) is 5.56. The van der Waals surface area contributed by atoms with Crippen molar-refractivity contribution in [2.45, 2.75) is 18.4 Å². The predicted molar refractivity (Wildman–Crippen MR) is 73.8 cm³/mol. The molecular formula is C13H14FN3O2S. The fraction of sp³-hybridized carbons (Fsp3) is 0.154. The van der Waals surface area contributed by atoms with Crippen LogP contribution in [-0.4, -0.2) is 13.4 Å². The Bertz CT molecular complexity index is 732. The zero-order valence-corrected chi connectivity index (χ0v) is 11.6. The average Bonchev–Trinajstić information content (AvgIpc) is 2.40. The van der Waals surface area contributed by atoms with Crippen LogP contribution in [0.2, 0.25) is 0 Å². The molecule has 0 spiro atoms. The minimum absolute atomic E-state index is 0.0139. The second-order valence-electron chi connectivity index (χ2n) is 4.25. The molecule has 7 heteroatoms. The molecule has 0 aliphatic rings. The number of aryl methyl sites for hydroxylation is 1. The summed E-state index contributed by atoms with van der Waals surface area (Å²) in [5, 5.41) is 0. The summed E-state index contributed by atoms with van der Waals surface area (Å²) in [6, 6.07) is 8.95. The maximum Gasteiger partial charge on any atom is 0.243 e. The van der Waals surface area contributed by atoms with Gasteiger partial charge in [-0.05, 0) is 31.2 Å². The van der Waals surface area contributed by atoms with E-state index in [2.05, 4.69) is 9.71 Å². The SMILES string of the molecule is Cc1cccc(CNS(=O)(=O)c2cccc(F)c2N)n1. The van der Waals surface area contributed by atoms with Gasteiger partial charge in [-0.1, -0.05) is 12.1 Å². The van der Waals surface area contributed by atoms with Crippen molar-refractivity contribution in [1.82, 2.24) is 9.71 Å². The average molecular weight is 295 g/mol. The predicted octanol–water partition coefficient (Wildman–Crippen LogP) is 1.59. The van der Waals surface area contributed by atoms with E-state index < -0.39 is 21.5 Å². The van der Waals surface area contributed by atoms with Crippen LogP contribution >= 0.6 is 0 Å². The van der Waals surface area contributed by atoms with E-state index in [1.165, 1.54) is 12.1 Å². The van der Waals surface area contributed by atoms with Crippen molar-refractivity contribution in [3.05, 3.63) is 53.6 Å². The van der Waals surface area contributed by atoms with E-state index in [0.29, 0.717) is 5.69 Å². The number of hydrogen-bond donors (Lipinski definition) is 2. The Balaban J connectivity index is 2.22. The number of hydrogen-bond acceptors (Lipinski definition) is 4. The third kappa shape index (κ3) is 3.12. The van der Waals surface area contributed by atoms with Gasteiger partial charge in [0, 0.05) is 5.69 Å². The van der Waals surface area contributed by atoms with Crippen LogP contribution in [0.3, 0.4) is 0 Å². The van der Waals surface area contributed by atoms with E-state index in [-0.39, 0.29) is 11.4 Å². The zero-order chi connectivity index (χ0) is 14.8. The molecule has 2 aromatic rings. The lowest BCUT2D eigenvalue weighted by Crippen LogP contribution is -2.25. The fourth-order valence-electron chi connectivity index (χ4n) is 1.70. The van der Waals surface area contributed by atoms with E-state index in [1.807, 2.05) is 13.0 Å². The standard InChI is InChI=1S/C13H14FN3O2S/c1-9-4-2-5-10(17-9)8-16-20(18,19)12-7-3-6-11(14)13(12)15/h2-7,16H,8,15H2,1H3. The molecule has 106 valence electrons. The van der Waals surface area contributed by atoms with Crippen LogP contribution in [0.15, 0.2) is 41.3 Å². The number of para-hydroxylation sites is 1. The molecule has 0 aliphatic heterocycles. The summed E-state index contributed by atoms with van der Waals surface area (Å²) in [4.78, 5) is 3.90. The third-order valence-electron chi connectivity index (χ3n) is 2.69. The molecule has 1 heterocycles. The van der Waals surface area contributed by atoms with Gasteiger partial charge in [-0.25, -0.2) is 17.5 Å². The minimum Gasteiger partial charge on any atom is -0.395 e. The molecule has 2 rings (SSSR count). The monoisotopic (exact) mass is 295 g/mol. The van der Waals surface area contributed by atoms with Crippen LogP contribution in [0.4, 0.5) is 10.1 Å². The van der Waals surface area contributed by atoms with Crippen molar-refractivity contribution in [2.75, 3.05) is 5.73 Å². The first-order valence-electron chi connectivity index (χ1n) is 5.86. The first kappa shape index (κ1) is 14.4. The normalized spacial score (nSPS) is 11.5. The lowest BCUT2D eigenvalue weighted by molar-refractivity contribution is 0.578. The summed E-state index contributed by atoms with van der Waals surface area (Å²) in [7, 11) is -3.88. The van der Waals surface area contributed by atoms with Crippen LogP contribution < -0.4 is 10.5 Å². The number of aromatic nitrogens is 1. The molecule has 0 unspecified atom stereocenters. The second-order valence-corrected chi connectivity index (χ2v) is 5.98. The maximum atomic E-state index is 13.3. The Morgan fingerprint density at radius 2 is 1.95 bits per heavy atom. The van der Waals surface area contributed by atoms with Gasteiger partial charge in [0.2, 0.25) is 10.0 Å². The van der Waals surface area contributed by atoms with Gasteiger partial charge < -0.3 is 5.73 Å². The van der Waals surface area contributed by atoms with E-state index in [4.69, 9.17) is 5.73 Å². The first-order valence-corrected chi connectivity index (χ1v) is 7.34. The number of benzene rings is 1. The summed E-state index contributed by atoms with van der Waals surface area (Å²) < 4.78 is 39.8. The number of pyridine rings is 1. The molecule has 0 saturated carbocycles. The Kier molecular flexibility index (Phi) is 4.01. The number of halogens is 1. The molecule has 0 aliphatic carbocycles. The van der Waals surface area contributed by atoms with Crippen molar-refractivity contribution in [1.29, 1.82) is 0 Å². The number of nitrogen functional groups attached to an aromatic ring is 1. The molecule has 0 fully saturated rings. The summed E-state index contributed by atoms with van der Waals surface area (Å²) in [6.07, 6.45) is 0. The van der Waals surface area contributed by atoms with Gasteiger partial charge in [0.05, 0.1) is 17.9 Å². The molecule has 3 N–H and O–H groups in total. The Hall–Kier alpha value is -1.99. The van der Waals surface area contributed by atoms with Gasteiger partial charge in [0.1, 0.15) is 10.7 Å². The molecule has 5 nitrogen and oxygen atoms in total. The molecule has 0 amide bonds. The molecule has 1 aromatic carbocycles. The third-order valence-corrected chi connectivity index (χ3v) is 4.15. The highest BCUT2D eigenvalue weighted by Crippen LogP contribution is 2.20. The summed E-state index contributed by atoms with van der Waals surface area (Å²) >= 11 is 0. The van der Waals surface area contributed by atoms with Crippen LogP contribution in [0.5, 0.6) is 0 Å². The zero-order valence-electron chi connectivity index (χ0n) is 10.8. The maximum absolute atomic E-state index is 13.3. The van der Waals surface area contributed by atoms with Crippen molar-refractivity contribution in [3.8, 4) is 0 Å². The molecule has 1 aromatic heterocycles. The Morgan fingerprint density at radius 1 is 1.25 bits per heavy atom. The van der Waals surface area contributed by atoms with E-state index in [9.17, 15) is 12.8 Å². The smallest absolute Gasteiger partial charge is 0.243 e. The van der Waals surface area contributed by atoms with Gasteiger partial charge in [-0.2, -0.15) is 0 Å². The highest BCUT2D eigenvalue weighted by atomic mass is 32.2. The Labute approximate surface area is 116 Å². The number of rotatable bonds is 4. The molecule has 20 heavy (non-hydrogen) atoms. The molecule has 0 atom stereocenters. The van der Waals surface area contributed by atoms with Gasteiger partial charge in [0.15, 0.2) is 0 Å². The molecule has 0 radical (unpaired) electrons. The van der Waals surface area contributed by atoms with Gasteiger partial charge in [0.25, 0.3) is 0 Å². The van der Waals surface area contributed by atoms with Gasteiger partial charge >= 0.3 is 0 Å². The van der Waals surface area contributed by atoms with Crippen LogP contribution in [0.1, 0.15) is 11.4 Å². The van der Waals surface area contributed by atoms with Crippen molar-refractivity contribution in [3.63, 3.8) is 0 Å². The largest absolute Gasteiger partial charge is 0.395 e. The lowest BCUT2D eigenvalue weighted by Gasteiger charge is -2.09. The van der Waals surface area contributed by atoms with Crippen LogP contribution in [0, 0.1) is 12.7 Å². The number of nitrogens with zero attached hydrogens (tertiary/aromatic N) is 1. The van der Waals surface area contributed by atoms with Crippen LogP contribution in [0.25, 0.3) is 0 Å². The molecule has 0 bridgehead atoms. The molecular weight excluding hydrogens is 281 g/mol. The van der Waals surface area contributed by atoms with Crippen molar-refractivity contribution < 1.29 is 12.8 Å². The van der Waals surface area contributed by atoms with Gasteiger partial charge in [-0.3, -0.25) is 4.98 Å². The Morgan fingerprint density at radius 3 is 2.65 bits per heavy atom. The summed E-state index contributed by atoms with van der Waals surface area (Å²) in [6.45, 7) is 1.82. The lowest BCUT2D eigenvalue weighted by atomic mass is 10.3. The number of anilines is 1. The number of sulfonamides is 1. The topological polar surface area (TPSA) is 85.1 Å². The van der Waals surface area contributed by atoms with Crippen molar-refractivity contribution in [2.24, 2.45) is 0 Å². The van der Waals surface area contributed by atoms with E-state index in [0.717, 1.165) is 11.8 Å². The molecule has 0 saturated heterocycles. The number of nitrogens with two attached hydrogens (primary N) is 1. The van der Waals surface area contributed by atoms with E-state index in [1.54, 1.807) is 12.1 Å². The fourth-order valence-corrected chi connectivity index (χ4v) is 2.83. The highest BCUT2D eigenvalue weighted by molar-refractivity contribution is 7.89. The minimum atomic E-state index is -3.88. The summed E-state index contributed by atoms with van der Waals surface area (Å²) in [5.41, 5.74) is 6.42. The summed E-state index contributed by atoms with van der Waals surface area (Å²) in [5.74, 6) is -0.762.